The van der Waals surface area contributed by atoms with E-state index in [-0.39, 0.29) is 24.5 Å². The molecule has 0 aromatic heterocycles. The third-order valence-corrected chi connectivity index (χ3v) is 2.87. The Labute approximate surface area is 111 Å². The number of ether oxygens (including phenoxy) is 1. The van der Waals surface area contributed by atoms with Crippen LogP contribution in [0.25, 0.3) is 10.8 Å². The lowest BCUT2D eigenvalue weighted by atomic mass is 10.1. The first-order valence-corrected chi connectivity index (χ1v) is 6.22. The van der Waals surface area contributed by atoms with Gasteiger partial charge in [-0.2, -0.15) is 0 Å². The molecule has 2 rings (SSSR count). The molecule has 0 aliphatic rings. The maximum Gasteiger partial charge on any atom is 0.341 e. The van der Waals surface area contributed by atoms with Crippen LogP contribution in [0.15, 0.2) is 36.4 Å². The second-order valence-electron chi connectivity index (χ2n) is 4.28. The normalized spacial score (nSPS) is 10.6. The molecule has 0 radical (unpaired) electrons. The van der Waals surface area contributed by atoms with Crippen LogP contribution in [-0.4, -0.2) is 29.4 Å². The molecule has 0 bridgehead atoms. The number of phenols is 1. The van der Waals surface area contributed by atoms with Crippen molar-refractivity contribution in [2.75, 3.05) is 13.2 Å². The molecule has 4 heteroatoms. The summed E-state index contributed by atoms with van der Waals surface area (Å²) in [4.78, 5) is 11.8. The minimum absolute atomic E-state index is 0.0779. The number of carbonyl (C=O) groups is 1. The molecule has 0 unspecified atom stereocenters. The first-order chi connectivity index (χ1) is 9.22. The van der Waals surface area contributed by atoms with Crippen LogP contribution in [-0.2, 0) is 4.74 Å². The summed E-state index contributed by atoms with van der Waals surface area (Å²) in [6.45, 7) is 0.324. The second kappa shape index (κ2) is 6.20. The minimum Gasteiger partial charge on any atom is -0.507 e. The van der Waals surface area contributed by atoms with Crippen LogP contribution in [0.1, 0.15) is 23.2 Å². The van der Waals surface area contributed by atoms with Crippen LogP contribution in [0, 0.1) is 0 Å². The number of aromatic hydroxyl groups is 1. The van der Waals surface area contributed by atoms with Gasteiger partial charge in [-0.15, -0.1) is 0 Å². The Morgan fingerprint density at radius 2 is 1.79 bits per heavy atom. The number of hydrogen-bond donors (Lipinski definition) is 2. The molecule has 0 aliphatic carbocycles. The number of carbonyl (C=O) groups excluding carboxylic acids is 1. The summed E-state index contributed by atoms with van der Waals surface area (Å²) in [5, 5.41) is 20.2. The Hall–Kier alpha value is -2.07. The highest BCUT2D eigenvalue weighted by molar-refractivity contribution is 5.98. The van der Waals surface area contributed by atoms with Crippen molar-refractivity contribution in [3.63, 3.8) is 0 Å². The van der Waals surface area contributed by atoms with Crippen LogP contribution in [0.5, 0.6) is 5.75 Å². The van der Waals surface area contributed by atoms with Gasteiger partial charge in [0, 0.05) is 6.61 Å². The van der Waals surface area contributed by atoms with Crippen LogP contribution in [0.3, 0.4) is 0 Å². The van der Waals surface area contributed by atoms with Crippen LogP contribution in [0.2, 0.25) is 0 Å². The highest BCUT2D eigenvalue weighted by Crippen LogP contribution is 2.25. The largest absolute Gasteiger partial charge is 0.507 e. The van der Waals surface area contributed by atoms with E-state index < -0.39 is 5.97 Å². The number of fused-ring (bicyclic) bond motifs is 1. The molecule has 0 saturated heterocycles. The molecule has 0 saturated carbocycles. The molecule has 0 fully saturated rings. The number of rotatable bonds is 5. The monoisotopic (exact) mass is 260 g/mol. The van der Waals surface area contributed by atoms with E-state index in [4.69, 9.17) is 9.84 Å². The van der Waals surface area contributed by atoms with Gasteiger partial charge in [-0.1, -0.05) is 24.3 Å². The summed E-state index contributed by atoms with van der Waals surface area (Å²) in [7, 11) is 0. The van der Waals surface area contributed by atoms with Gasteiger partial charge >= 0.3 is 5.97 Å². The quantitative estimate of drug-likeness (QED) is 0.640. The Bertz CT molecular complexity index is 577. The molecule has 0 atom stereocenters. The lowest BCUT2D eigenvalue weighted by molar-refractivity contribution is 0.0489. The maximum atomic E-state index is 11.8. The van der Waals surface area contributed by atoms with Crippen molar-refractivity contribution in [1.82, 2.24) is 0 Å². The van der Waals surface area contributed by atoms with Crippen molar-refractivity contribution in [2.24, 2.45) is 0 Å². The number of hydrogen-bond acceptors (Lipinski definition) is 4. The topological polar surface area (TPSA) is 66.8 Å². The number of aliphatic hydroxyl groups excluding tert-OH is 1. The predicted octanol–water partition coefficient (Wildman–Crippen LogP) is 2.47. The first kappa shape index (κ1) is 13.4. The highest BCUT2D eigenvalue weighted by atomic mass is 16.5. The predicted molar refractivity (Wildman–Crippen MR) is 72.2 cm³/mol. The molecular weight excluding hydrogens is 244 g/mol. The van der Waals surface area contributed by atoms with Gasteiger partial charge in [-0.05, 0) is 35.7 Å². The Balaban J connectivity index is 2.15. The summed E-state index contributed by atoms with van der Waals surface area (Å²) >= 11 is 0. The zero-order chi connectivity index (χ0) is 13.7. The van der Waals surface area contributed by atoms with Gasteiger partial charge in [-0.25, -0.2) is 4.79 Å². The van der Waals surface area contributed by atoms with Crippen molar-refractivity contribution in [1.29, 1.82) is 0 Å². The van der Waals surface area contributed by atoms with E-state index in [0.717, 1.165) is 10.8 Å². The third-order valence-electron chi connectivity index (χ3n) is 2.87. The number of unbranched alkanes of at least 4 members (excludes halogenated alkanes) is 1. The summed E-state index contributed by atoms with van der Waals surface area (Å²) < 4.78 is 5.05. The SMILES string of the molecule is O=C(OCCCCO)c1cc2ccccc2cc1O. The number of esters is 1. The summed E-state index contributed by atoms with van der Waals surface area (Å²) in [5.74, 6) is -0.618. The molecule has 2 aromatic carbocycles. The van der Waals surface area contributed by atoms with Gasteiger partial charge in [0.05, 0.1) is 6.61 Å². The van der Waals surface area contributed by atoms with Crippen LogP contribution < -0.4 is 0 Å². The first-order valence-electron chi connectivity index (χ1n) is 6.22. The van der Waals surface area contributed by atoms with Crippen molar-refractivity contribution >= 4 is 16.7 Å². The Morgan fingerprint density at radius 3 is 2.47 bits per heavy atom. The van der Waals surface area contributed by atoms with Gasteiger partial charge in [-0.3, -0.25) is 0 Å². The lowest BCUT2D eigenvalue weighted by Gasteiger charge is -2.07. The van der Waals surface area contributed by atoms with Gasteiger partial charge in [0.15, 0.2) is 0 Å². The number of phenolic OH excluding ortho intramolecular Hbond substituents is 1. The van der Waals surface area contributed by atoms with Crippen LogP contribution >= 0.6 is 0 Å². The summed E-state index contributed by atoms with van der Waals surface area (Å²) in [6, 6.07) is 10.7. The average Bonchev–Trinajstić information content (AvgIpc) is 2.42. The molecular formula is C15H16O4. The third kappa shape index (κ3) is 3.23. The lowest BCUT2D eigenvalue weighted by Crippen LogP contribution is -2.07. The van der Waals surface area contributed by atoms with Gasteiger partial charge in [0.1, 0.15) is 11.3 Å². The Morgan fingerprint density at radius 1 is 1.11 bits per heavy atom. The molecule has 0 aliphatic heterocycles. The average molecular weight is 260 g/mol. The molecule has 0 heterocycles. The molecule has 0 spiro atoms. The molecule has 0 amide bonds. The van der Waals surface area contributed by atoms with E-state index >= 15 is 0 Å². The van der Waals surface area contributed by atoms with E-state index in [9.17, 15) is 9.90 Å². The number of benzene rings is 2. The van der Waals surface area contributed by atoms with Crippen molar-refractivity contribution in [2.45, 2.75) is 12.8 Å². The number of aliphatic hydroxyl groups is 1. The molecule has 100 valence electrons. The zero-order valence-corrected chi connectivity index (χ0v) is 10.5. The van der Waals surface area contributed by atoms with Gasteiger partial charge < -0.3 is 14.9 Å². The Kier molecular flexibility index (Phi) is 4.36. The summed E-state index contributed by atoms with van der Waals surface area (Å²) in [5.41, 5.74) is 0.169. The second-order valence-corrected chi connectivity index (χ2v) is 4.28. The fraction of sp³-hybridized carbons (Fsp3) is 0.267. The van der Waals surface area contributed by atoms with Crippen molar-refractivity contribution in [3.05, 3.63) is 42.0 Å². The smallest absolute Gasteiger partial charge is 0.341 e. The van der Waals surface area contributed by atoms with Gasteiger partial charge in [0.2, 0.25) is 0 Å². The van der Waals surface area contributed by atoms with E-state index in [0.29, 0.717) is 12.8 Å². The van der Waals surface area contributed by atoms with Crippen molar-refractivity contribution < 1.29 is 19.7 Å². The van der Waals surface area contributed by atoms with Gasteiger partial charge in [0.25, 0.3) is 0 Å². The molecule has 19 heavy (non-hydrogen) atoms. The molecule has 2 N–H and O–H groups in total. The molecule has 4 nitrogen and oxygen atoms in total. The van der Waals surface area contributed by atoms with Crippen molar-refractivity contribution in [3.8, 4) is 5.75 Å². The standard InChI is InChI=1S/C15H16O4/c16-7-3-4-8-19-15(18)13-9-11-5-1-2-6-12(11)10-14(13)17/h1-2,5-6,9-10,16-17H,3-4,7-8H2. The minimum atomic E-state index is -0.541. The van der Waals surface area contributed by atoms with E-state index in [1.807, 2.05) is 24.3 Å². The zero-order valence-electron chi connectivity index (χ0n) is 10.5. The molecule has 2 aromatic rings. The maximum absolute atomic E-state index is 11.8. The fourth-order valence-corrected chi connectivity index (χ4v) is 1.85. The fourth-order valence-electron chi connectivity index (χ4n) is 1.85. The van der Waals surface area contributed by atoms with E-state index in [1.165, 1.54) is 0 Å². The highest BCUT2D eigenvalue weighted by Gasteiger charge is 2.13. The summed E-state index contributed by atoms with van der Waals surface area (Å²) in [6.07, 6.45) is 1.20. The van der Waals surface area contributed by atoms with E-state index in [2.05, 4.69) is 0 Å². The van der Waals surface area contributed by atoms with E-state index in [1.54, 1.807) is 12.1 Å². The van der Waals surface area contributed by atoms with Crippen LogP contribution in [0.4, 0.5) is 0 Å².